The van der Waals surface area contributed by atoms with Gasteiger partial charge in [0.15, 0.2) is 0 Å². The smallest absolute Gasteiger partial charge is 0.122 e. The van der Waals surface area contributed by atoms with Crippen molar-refractivity contribution in [2.75, 3.05) is 20.1 Å². The van der Waals surface area contributed by atoms with Crippen LogP contribution >= 0.6 is 0 Å². The third-order valence-electron chi connectivity index (χ3n) is 2.86. The molecule has 1 heterocycles. The fourth-order valence-electron chi connectivity index (χ4n) is 1.94. The van der Waals surface area contributed by atoms with Crippen molar-refractivity contribution in [3.63, 3.8) is 0 Å². The lowest BCUT2D eigenvalue weighted by Crippen LogP contribution is -2.25. The highest BCUT2D eigenvalue weighted by Crippen LogP contribution is 2.08. The van der Waals surface area contributed by atoms with Crippen molar-refractivity contribution in [3.05, 3.63) is 18.2 Å². The molecule has 0 saturated carbocycles. The van der Waals surface area contributed by atoms with Gasteiger partial charge in [0.05, 0.1) is 6.54 Å². The average molecular weight is 224 g/mol. The molecule has 0 aromatic carbocycles. The molecule has 4 heteroatoms. The van der Waals surface area contributed by atoms with Gasteiger partial charge in [0.2, 0.25) is 0 Å². The van der Waals surface area contributed by atoms with Gasteiger partial charge in [-0.25, -0.2) is 4.98 Å². The van der Waals surface area contributed by atoms with Crippen LogP contribution in [0.4, 0.5) is 0 Å². The molecule has 0 spiro atoms. The molecule has 4 nitrogen and oxygen atoms in total. The molecule has 16 heavy (non-hydrogen) atoms. The first-order valence-electron chi connectivity index (χ1n) is 5.98. The predicted octanol–water partition coefficient (Wildman–Crippen LogP) is 1.23. The highest BCUT2D eigenvalue weighted by molar-refractivity contribution is 4.90. The largest absolute Gasteiger partial charge is 0.337 e. The Kier molecular flexibility index (Phi) is 5.49. The first-order valence-corrected chi connectivity index (χ1v) is 5.98. The van der Waals surface area contributed by atoms with E-state index >= 15 is 0 Å². The monoisotopic (exact) mass is 224 g/mol. The SMILES string of the molecule is CC(CCCN)CN(C)Cc1nccn1C. The Morgan fingerprint density at radius 3 is 2.88 bits per heavy atom. The van der Waals surface area contributed by atoms with Crippen LogP contribution in [0.25, 0.3) is 0 Å². The summed E-state index contributed by atoms with van der Waals surface area (Å²) in [7, 11) is 4.18. The number of nitrogens with zero attached hydrogens (tertiary/aromatic N) is 3. The van der Waals surface area contributed by atoms with Gasteiger partial charge in [-0.2, -0.15) is 0 Å². The van der Waals surface area contributed by atoms with Crippen LogP contribution in [0, 0.1) is 5.92 Å². The molecular formula is C12H24N4. The Balaban J connectivity index is 2.30. The highest BCUT2D eigenvalue weighted by atomic mass is 15.1. The van der Waals surface area contributed by atoms with E-state index in [0.717, 1.165) is 31.9 Å². The maximum absolute atomic E-state index is 5.51. The van der Waals surface area contributed by atoms with E-state index in [2.05, 4.69) is 28.4 Å². The van der Waals surface area contributed by atoms with Gasteiger partial charge in [-0.3, -0.25) is 4.90 Å². The van der Waals surface area contributed by atoms with E-state index in [1.165, 1.54) is 6.42 Å². The molecule has 0 fully saturated rings. The minimum atomic E-state index is 0.703. The lowest BCUT2D eigenvalue weighted by Gasteiger charge is -2.20. The van der Waals surface area contributed by atoms with E-state index in [-0.39, 0.29) is 0 Å². The van der Waals surface area contributed by atoms with E-state index in [0.29, 0.717) is 5.92 Å². The summed E-state index contributed by atoms with van der Waals surface area (Å²) < 4.78 is 2.07. The van der Waals surface area contributed by atoms with Crippen LogP contribution in [0.15, 0.2) is 12.4 Å². The number of aryl methyl sites for hydroxylation is 1. The Bertz CT molecular complexity index is 295. The molecule has 0 bridgehead atoms. The Morgan fingerprint density at radius 1 is 1.56 bits per heavy atom. The average Bonchev–Trinajstić information content (AvgIpc) is 2.61. The number of nitrogens with two attached hydrogens (primary N) is 1. The number of aromatic nitrogens is 2. The van der Waals surface area contributed by atoms with Gasteiger partial charge >= 0.3 is 0 Å². The summed E-state index contributed by atoms with van der Waals surface area (Å²) in [5.74, 6) is 1.82. The quantitative estimate of drug-likeness (QED) is 0.757. The third-order valence-corrected chi connectivity index (χ3v) is 2.86. The van der Waals surface area contributed by atoms with E-state index in [1.807, 2.05) is 19.4 Å². The van der Waals surface area contributed by atoms with Gasteiger partial charge in [0.1, 0.15) is 5.82 Å². The molecule has 0 aliphatic rings. The summed E-state index contributed by atoms with van der Waals surface area (Å²) in [6.45, 7) is 5.10. The molecule has 0 amide bonds. The second kappa shape index (κ2) is 6.66. The lowest BCUT2D eigenvalue weighted by molar-refractivity contribution is 0.262. The molecule has 0 aliphatic heterocycles. The summed E-state index contributed by atoms with van der Waals surface area (Å²) in [6.07, 6.45) is 6.17. The predicted molar refractivity (Wildman–Crippen MR) is 67.0 cm³/mol. The minimum Gasteiger partial charge on any atom is -0.337 e. The topological polar surface area (TPSA) is 47.1 Å². The van der Waals surface area contributed by atoms with Crippen molar-refractivity contribution in [2.24, 2.45) is 18.7 Å². The number of hydrogen-bond donors (Lipinski definition) is 1. The molecule has 92 valence electrons. The molecule has 0 radical (unpaired) electrons. The number of imidazole rings is 1. The van der Waals surface area contributed by atoms with Crippen molar-refractivity contribution in [2.45, 2.75) is 26.3 Å². The number of rotatable bonds is 7. The Hall–Kier alpha value is -0.870. The van der Waals surface area contributed by atoms with Crippen molar-refractivity contribution >= 4 is 0 Å². The van der Waals surface area contributed by atoms with Gasteiger partial charge in [-0.1, -0.05) is 6.92 Å². The fraction of sp³-hybridized carbons (Fsp3) is 0.750. The van der Waals surface area contributed by atoms with Crippen LogP contribution in [0.2, 0.25) is 0 Å². The standard InChI is InChI=1S/C12H24N4/c1-11(5-4-6-13)9-15(2)10-12-14-7-8-16(12)3/h7-8,11H,4-6,9-10,13H2,1-3H3. The molecular weight excluding hydrogens is 200 g/mol. The molecule has 1 atom stereocenters. The van der Waals surface area contributed by atoms with Crippen LogP contribution in [0.3, 0.4) is 0 Å². The number of hydrogen-bond acceptors (Lipinski definition) is 3. The Morgan fingerprint density at radius 2 is 2.31 bits per heavy atom. The molecule has 2 N–H and O–H groups in total. The van der Waals surface area contributed by atoms with E-state index in [4.69, 9.17) is 5.73 Å². The maximum atomic E-state index is 5.51. The molecule has 1 aromatic heterocycles. The van der Waals surface area contributed by atoms with Crippen LogP contribution in [-0.4, -0.2) is 34.6 Å². The van der Waals surface area contributed by atoms with E-state index in [1.54, 1.807) is 0 Å². The zero-order valence-electron chi connectivity index (χ0n) is 10.7. The van der Waals surface area contributed by atoms with Crippen LogP contribution in [-0.2, 0) is 13.6 Å². The van der Waals surface area contributed by atoms with Crippen LogP contribution < -0.4 is 5.73 Å². The van der Waals surface area contributed by atoms with Crippen molar-refractivity contribution < 1.29 is 0 Å². The van der Waals surface area contributed by atoms with E-state index < -0.39 is 0 Å². The van der Waals surface area contributed by atoms with Crippen LogP contribution in [0.1, 0.15) is 25.6 Å². The highest BCUT2D eigenvalue weighted by Gasteiger charge is 2.08. The fourth-order valence-corrected chi connectivity index (χ4v) is 1.94. The van der Waals surface area contributed by atoms with Gasteiger partial charge in [-0.15, -0.1) is 0 Å². The minimum absolute atomic E-state index is 0.703. The molecule has 0 aliphatic carbocycles. The first kappa shape index (κ1) is 13.2. The molecule has 1 aromatic rings. The van der Waals surface area contributed by atoms with Crippen molar-refractivity contribution in [1.82, 2.24) is 14.5 Å². The second-order valence-electron chi connectivity index (χ2n) is 4.69. The summed E-state index contributed by atoms with van der Waals surface area (Å²) in [5.41, 5.74) is 5.51. The molecule has 0 saturated heterocycles. The third kappa shape index (κ3) is 4.33. The summed E-state index contributed by atoms with van der Waals surface area (Å²) >= 11 is 0. The van der Waals surface area contributed by atoms with Crippen molar-refractivity contribution in [3.8, 4) is 0 Å². The zero-order valence-corrected chi connectivity index (χ0v) is 10.7. The second-order valence-corrected chi connectivity index (χ2v) is 4.69. The summed E-state index contributed by atoms with van der Waals surface area (Å²) in [5, 5.41) is 0. The van der Waals surface area contributed by atoms with Crippen molar-refractivity contribution in [1.29, 1.82) is 0 Å². The zero-order chi connectivity index (χ0) is 12.0. The first-order chi connectivity index (χ1) is 7.63. The van der Waals surface area contributed by atoms with Crippen LogP contribution in [0.5, 0.6) is 0 Å². The van der Waals surface area contributed by atoms with Gasteiger partial charge < -0.3 is 10.3 Å². The van der Waals surface area contributed by atoms with Gasteiger partial charge in [0, 0.05) is 26.0 Å². The van der Waals surface area contributed by atoms with Gasteiger partial charge in [0.25, 0.3) is 0 Å². The maximum Gasteiger partial charge on any atom is 0.122 e. The summed E-state index contributed by atoms with van der Waals surface area (Å²) in [6, 6.07) is 0. The van der Waals surface area contributed by atoms with E-state index in [9.17, 15) is 0 Å². The molecule has 1 rings (SSSR count). The van der Waals surface area contributed by atoms with Gasteiger partial charge in [-0.05, 0) is 32.4 Å². The summed E-state index contributed by atoms with van der Waals surface area (Å²) in [4.78, 5) is 6.65. The lowest BCUT2D eigenvalue weighted by atomic mass is 10.1. The Labute approximate surface area is 98.5 Å². The molecule has 1 unspecified atom stereocenters. The normalized spacial score (nSPS) is 13.3.